The van der Waals surface area contributed by atoms with E-state index in [1.54, 1.807) is 7.11 Å². The van der Waals surface area contributed by atoms with Crippen LogP contribution in [0.4, 0.5) is 0 Å². The van der Waals surface area contributed by atoms with E-state index in [9.17, 15) is 9.90 Å². The number of piperidine rings is 1. The van der Waals surface area contributed by atoms with Crippen molar-refractivity contribution < 1.29 is 14.6 Å². The molecule has 2 saturated heterocycles. The molecule has 154 valence electrons. The first-order valence-electron chi connectivity index (χ1n) is 10.5. The number of hydrogen-bond acceptors (Lipinski definition) is 4. The van der Waals surface area contributed by atoms with Gasteiger partial charge in [-0.05, 0) is 49.6 Å². The second kappa shape index (κ2) is 8.56. The standard InChI is InChI=1S/C24H30N2O3/c1-17-3-5-18(6-4-17)15-26-14-12-22(24(26)28)25-13-11-21(23(27)16-25)19-7-9-20(29-2)10-8-19/h3-10,21-23,27H,11-16H2,1-2H3. The molecule has 4 rings (SSSR count). The van der Waals surface area contributed by atoms with Gasteiger partial charge in [0.15, 0.2) is 0 Å². The number of likely N-dealkylation sites (tertiary alicyclic amines) is 2. The minimum absolute atomic E-state index is 0.105. The van der Waals surface area contributed by atoms with Crippen molar-refractivity contribution in [1.29, 1.82) is 0 Å². The van der Waals surface area contributed by atoms with Gasteiger partial charge in [0.1, 0.15) is 5.75 Å². The van der Waals surface area contributed by atoms with Crippen molar-refractivity contribution >= 4 is 5.91 Å². The minimum Gasteiger partial charge on any atom is -0.497 e. The highest BCUT2D eigenvalue weighted by Gasteiger charge is 2.39. The molecule has 2 aromatic rings. The van der Waals surface area contributed by atoms with E-state index in [2.05, 4.69) is 36.1 Å². The Labute approximate surface area is 172 Å². The number of nitrogens with zero attached hydrogens (tertiary/aromatic N) is 2. The first kappa shape index (κ1) is 19.9. The second-order valence-corrected chi connectivity index (χ2v) is 8.28. The van der Waals surface area contributed by atoms with Crippen molar-refractivity contribution in [1.82, 2.24) is 9.80 Å². The largest absolute Gasteiger partial charge is 0.497 e. The third-order valence-corrected chi connectivity index (χ3v) is 6.36. The SMILES string of the molecule is COc1ccc(C2CCN(C3CCN(Cc4ccc(C)cc4)C3=O)CC2O)cc1. The number of aliphatic hydroxyl groups excluding tert-OH is 1. The summed E-state index contributed by atoms with van der Waals surface area (Å²) < 4.78 is 5.23. The molecular formula is C24H30N2O3. The van der Waals surface area contributed by atoms with Crippen LogP contribution in [0.3, 0.4) is 0 Å². The van der Waals surface area contributed by atoms with E-state index >= 15 is 0 Å². The summed E-state index contributed by atoms with van der Waals surface area (Å²) in [5.41, 5.74) is 3.53. The average Bonchev–Trinajstić information content (AvgIpc) is 3.10. The topological polar surface area (TPSA) is 53.0 Å². The smallest absolute Gasteiger partial charge is 0.240 e. The molecular weight excluding hydrogens is 364 g/mol. The van der Waals surface area contributed by atoms with E-state index in [0.29, 0.717) is 13.1 Å². The molecule has 3 unspecified atom stereocenters. The molecule has 0 aromatic heterocycles. The van der Waals surface area contributed by atoms with E-state index in [4.69, 9.17) is 4.74 Å². The summed E-state index contributed by atoms with van der Waals surface area (Å²) in [5.74, 6) is 1.13. The number of methoxy groups -OCH3 is 1. The van der Waals surface area contributed by atoms with Crippen LogP contribution in [0.2, 0.25) is 0 Å². The quantitative estimate of drug-likeness (QED) is 0.847. The van der Waals surface area contributed by atoms with E-state index in [-0.39, 0.29) is 17.9 Å². The summed E-state index contributed by atoms with van der Waals surface area (Å²) in [5, 5.41) is 10.8. The molecule has 2 heterocycles. The molecule has 0 bridgehead atoms. The summed E-state index contributed by atoms with van der Waals surface area (Å²) in [7, 11) is 1.66. The molecule has 29 heavy (non-hydrogen) atoms. The van der Waals surface area contributed by atoms with Gasteiger partial charge in [0.2, 0.25) is 5.91 Å². The Bertz CT molecular complexity index is 834. The summed E-state index contributed by atoms with van der Waals surface area (Å²) in [6.45, 7) is 4.90. The van der Waals surface area contributed by atoms with Crippen LogP contribution in [0.5, 0.6) is 5.75 Å². The lowest BCUT2D eigenvalue weighted by Gasteiger charge is -2.38. The number of ether oxygens (including phenoxy) is 1. The van der Waals surface area contributed by atoms with Crippen molar-refractivity contribution in [2.75, 3.05) is 26.7 Å². The Hall–Kier alpha value is -2.37. The second-order valence-electron chi connectivity index (χ2n) is 8.28. The summed E-state index contributed by atoms with van der Waals surface area (Å²) in [6.07, 6.45) is 1.23. The lowest BCUT2D eigenvalue weighted by molar-refractivity contribution is -0.133. The van der Waals surface area contributed by atoms with Crippen LogP contribution in [0, 0.1) is 6.92 Å². The zero-order valence-electron chi connectivity index (χ0n) is 17.3. The molecule has 5 nitrogen and oxygen atoms in total. The van der Waals surface area contributed by atoms with Crippen LogP contribution in [0.1, 0.15) is 35.4 Å². The van der Waals surface area contributed by atoms with Crippen LogP contribution < -0.4 is 4.74 Å². The van der Waals surface area contributed by atoms with Gasteiger partial charge in [-0.15, -0.1) is 0 Å². The van der Waals surface area contributed by atoms with Crippen molar-refractivity contribution in [2.45, 2.75) is 44.4 Å². The fourth-order valence-corrected chi connectivity index (χ4v) is 4.61. The van der Waals surface area contributed by atoms with E-state index < -0.39 is 6.10 Å². The number of aryl methyl sites for hydroxylation is 1. The number of aliphatic hydroxyl groups is 1. The Morgan fingerprint density at radius 1 is 1.03 bits per heavy atom. The zero-order chi connectivity index (χ0) is 20.4. The molecule has 0 spiro atoms. The van der Waals surface area contributed by atoms with Crippen LogP contribution in [-0.4, -0.2) is 59.7 Å². The Morgan fingerprint density at radius 2 is 1.76 bits per heavy atom. The van der Waals surface area contributed by atoms with Crippen molar-refractivity contribution in [2.24, 2.45) is 0 Å². The van der Waals surface area contributed by atoms with E-state index in [1.807, 2.05) is 29.2 Å². The summed E-state index contributed by atoms with van der Waals surface area (Å²) in [4.78, 5) is 17.1. The third kappa shape index (κ3) is 4.31. The number of rotatable bonds is 5. The molecule has 0 radical (unpaired) electrons. The average molecular weight is 395 g/mol. The number of benzene rings is 2. The molecule has 0 aliphatic carbocycles. The van der Waals surface area contributed by atoms with Gasteiger partial charge < -0.3 is 14.7 Å². The van der Waals surface area contributed by atoms with Crippen molar-refractivity contribution in [3.63, 3.8) is 0 Å². The van der Waals surface area contributed by atoms with Gasteiger partial charge in [0.05, 0.1) is 19.3 Å². The van der Waals surface area contributed by atoms with Crippen LogP contribution in [-0.2, 0) is 11.3 Å². The lowest BCUT2D eigenvalue weighted by atomic mass is 9.86. The van der Waals surface area contributed by atoms with E-state index in [0.717, 1.165) is 37.2 Å². The highest BCUT2D eigenvalue weighted by Crippen LogP contribution is 2.32. The fourth-order valence-electron chi connectivity index (χ4n) is 4.61. The molecule has 1 amide bonds. The van der Waals surface area contributed by atoms with E-state index in [1.165, 1.54) is 11.1 Å². The van der Waals surface area contributed by atoms with Crippen molar-refractivity contribution in [3.8, 4) is 5.75 Å². The maximum Gasteiger partial charge on any atom is 0.240 e. The minimum atomic E-state index is -0.462. The molecule has 5 heteroatoms. The highest BCUT2D eigenvalue weighted by atomic mass is 16.5. The number of hydrogen-bond donors (Lipinski definition) is 1. The maximum atomic E-state index is 13.0. The summed E-state index contributed by atoms with van der Waals surface area (Å²) in [6, 6.07) is 16.2. The highest BCUT2D eigenvalue weighted by molar-refractivity contribution is 5.84. The van der Waals surface area contributed by atoms with Gasteiger partial charge in [-0.1, -0.05) is 42.0 Å². The van der Waals surface area contributed by atoms with Gasteiger partial charge >= 0.3 is 0 Å². The Kier molecular flexibility index (Phi) is 5.88. The van der Waals surface area contributed by atoms with Crippen LogP contribution in [0.25, 0.3) is 0 Å². The van der Waals surface area contributed by atoms with Gasteiger partial charge in [-0.3, -0.25) is 9.69 Å². The first-order chi connectivity index (χ1) is 14.0. The maximum absolute atomic E-state index is 13.0. The molecule has 0 saturated carbocycles. The Morgan fingerprint density at radius 3 is 2.41 bits per heavy atom. The first-order valence-corrected chi connectivity index (χ1v) is 10.5. The molecule has 2 aliphatic heterocycles. The normalized spacial score (nSPS) is 25.4. The number of amides is 1. The number of carbonyl (C=O) groups is 1. The molecule has 2 fully saturated rings. The fraction of sp³-hybridized carbons (Fsp3) is 0.458. The molecule has 3 atom stereocenters. The van der Waals surface area contributed by atoms with Gasteiger partial charge in [-0.2, -0.15) is 0 Å². The predicted octanol–water partition coefficient (Wildman–Crippen LogP) is 2.95. The number of carbonyl (C=O) groups excluding carboxylic acids is 1. The monoisotopic (exact) mass is 394 g/mol. The molecule has 2 aliphatic rings. The molecule has 1 N–H and O–H groups in total. The van der Waals surface area contributed by atoms with Crippen LogP contribution >= 0.6 is 0 Å². The summed E-state index contributed by atoms with van der Waals surface area (Å²) >= 11 is 0. The predicted molar refractivity (Wildman–Crippen MR) is 113 cm³/mol. The molecule has 2 aromatic carbocycles. The van der Waals surface area contributed by atoms with Gasteiger partial charge in [-0.25, -0.2) is 0 Å². The Balaban J connectivity index is 1.36. The van der Waals surface area contributed by atoms with Gasteiger partial charge in [0.25, 0.3) is 0 Å². The van der Waals surface area contributed by atoms with Crippen LogP contribution in [0.15, 0.2) is 48.5 Å². The third-order valence-electron chi connectivity index (χ3n) is 6.36. The zero-order valence-corrected chi connectivity index (χ0v) is 17.3. The number of β-amino-alcohol motifs (C(OH)–C–C–N with tert-alkyl or cyclic N) is 1. The van der Waals surface area contributed by atoms with Crippen molar-refractivity contribution in [3.05, 3.63) is 65.2 Å². The van der Waals surface area contributed by atoms with Gasteiger partial charge in [0, 0.05) is 25.6 Å². The lowest BCUT2D eigenvalue weighted by Crippen LogP contribution is -2.50.